The maximum Gasteiger partial charge on any atom is 0.226 e. The molecule has 1 aromatic heterocycles. The molecule has 3 aliphatic heterocycles. The lowest BCUT2D eigenvalue weighted by Gasteiger charge is -2.42. The van der Waals surface area contributed by atoms with Gasteiger partial charge in [0.05, 0.1) is 12.6 Å². The zero-order chi connectivity index (χ0) is 17.7. The maximum atomic E-state index is 12.5. The van der Waals surface area contributed by atoms with Crippen molar-refractivity contribution in [2.24, 2.45) is 0 Å². The molecule has 0 unspecified atom stereocenters. The van der Waals surface area contributed by atoms with E-state index in [-0.39, 0.29) is 17.7 Å². The Hall–Kier alpha value is -1.76. The van der Waals surface area contributed by atoms with Crippen molar-refractivity contribution in [1.82, 2.24) is 14.8 Å². The third-order valence-electron chi connectivity index (χ3n) is 6.01. The summed E-state index contributed by atoms with van der Waals surface area (Å²) in [6.07, 6.45) is 4.46. The monoisotopic (exact) mass is 369 g/mol. The first-order chi connectivity index (χ1) is 12.7. The second kappa shape index (κ2) is 6.15. The summed E-state index contributed by atoms with van der Waals surface area (Å²) in [5.41, 5.74) is 2.10. The third kappa shape index (κ3) is 2.43. The Labute approximate surface area is 157 Å². The van der Waals surface area contributed by atoms with Crippen molar-refractivity contribution < 1.29 is 9.53 Å². The van der Waals surface area contributed by atoms with Gasteiger partial charge < -0.3 is 9.64 Å². The molecule has 5 nitrogen and oxygen atoms in total. The molecule has 3 fully saturated rings. The minimum atomic E-state index is -0.362. The Morgan fingerprint density at radius 1 is 1.35 bits per heavy atom. The van der Waals surface area contributed by atoms with Gasteiger partial charge in [0, 0.05) is 49.1 Å². The van der Waals surface area contributed by atoms with Gasteiger partial charge in [0.25, 0.3) is 0 Å². The molecule has 0 bridgehead atoms. The molecule has 0 N–H and O–H groups in total. The van der Waals surface area contributed by atoms with Crippen molar-refractivity contribution in [3.63, 3.8) is 0 Å². The minimum Gasteiger partial charge on any atom is -0.354 e. The summed E-state index contributed by atoms with van der Waals surface area (Å²) in [6, 6.07) is 8.56. The van der Waals surface area contributed by atoms with Crippen LogP contribution in [0.15, 0.2) is 30.5 Å². The Morgan fingerprint density at radius 2 is 2.23 bits per heavy atom. The average molecular weight is 369 g/mol. The van der Waals surface area contributed by atoms with E-state index in [2.05, 4.69) is 41.1 Å². The fraction of sp³-hybridized carbons (Fsp3) is 0.500. The van der Waals surface area contributed by atoms with Crippen LogP contribution in [0, 0.1) is 6.92 Å². The number of benzene rings is 1. The highest BCUT2D eigenvalue weighted by molar-refractivity contribution is 7.15. The van der Waals surface area contributed by atoms with Crippen LogP contribution < -0.4 is 0 Å². The summed E-state index contributed by atoms with van der Waals surface area (Å²) in [5, 5.41) is 1.07. The van der Waals surface area contributed by atoms with Gasteiger partial charge in [-0.3, -0.25) is 9.69 Å². The third-order valence-corrected chi connectivity index (χ3v) is 7.03. The zero-order valence-electron chi connectivity index (χ0n) is 15.0. The van der Waals surface area contributed by atoms with Gasteiger partial charge in [-0.05, 0) is 18.9 Å². The molecule has 4 heterocycles. The van der Waals surface area contributed by atoms with Crippen LogP contribution in [0.2, 0.25) is 0 Å². The quantitative estimate of drug-likeness (QED) is 0.834. The van der Waals surface area contributed by atoms with Crippen LogP contribution >= 0.6 is 11.3 Å². The summed E-state index contributed by atoms with van der Waals surface area (Å²) in [7, 11) is 0. The number of thiazole rings is 1. The number of carbonyl (C=O) groups excluding carboxylic acids is 1. The van der Waals surface area contributed by atoms with Gasteiger partial charge in [0.1, 0.15) is 5.01 Å². The number of rotatable bonds is 3. The fourth-order valence-corrected chi connectivity index (χ4v) is 5.77. The molecular weight excluding hydrogens is 346 g/mol. The van der Waals surface area contributed by atoms with E-state index in [0.29, 0.717) is 6.42 Å². The van der Waals surface area contributed by atoms with E-state index in [9.17, 15) is 4.79 Å². The van der Waals surface area contributed by atoms with E-state index < -0.39 is 0 Å². The van der Waals surface area contributed by atoms with Crippen molar-refractivity contribution in [3.8, 4) is 10.6 Å². The number of likely N-dealkylation sites (tertiary alicyclic amines) is 1. The largest absolute Gasteiger partial charge is 0.354 e. The van der Waals surface area contributed by atoms with Gasteiger partial charge in [-0.1, -0.05) is 24.3 Å². The molecular formula is C20H23N3O2S. The van der Waals surface area contributed by atoms with Crippen LogP contribution in [-0.2, 0) is 16.1 Å². The Bertz CT molecular complexity index is 851. The number of aromatic nitrogens is 1. The minimum absolute atomic E-state index is 0.180. The molecule has 3 aliphatic rings. The lowest BCUT2D eigenvalue weighted by atomic mass is 10.0. The van der Waals surface area contributed by atoms with Crippen molar-refractivity contribution in [2.75, 3.05) is 19.7 Å². The van der Waals surface area contributed by atoms with Gasteiger partial charge in [-0.15, -0.1) is 11.3 Å². The zero-order valence-corrected chi connectivity index (χ0v) is 15.8. The molecule has 2 aromatic rings. The molecule has 5 rings (SSSR count). The average Bonchev–Trinajstić information content (AvgIpc) is 3.31. The summed E-state index contributed by atoms with van der Waals surface area (Å²) in [6.45, 7) is 5.57. The second-order valence-corrected chi connectivity index (χ2v) is 8.59. The van der Waals surface area contributed by atoms with Crippen LogP contribution in [0.4, 0.5) is 0 Å². The van der Waals surface area contributed by atoms with Crippen LogP contribution in [0.25, 0.3) is 10.6 Å². The number of amides is 1. The van der Waals surface area contributed by atoms with E-state index in [1.807, 2.05) is 11.1 Å². The number of carbonyl (C=O) groups is 1. The van der Waals surface area contributed by atoms with Gasteiger partial charge in [-0.2, -0.15) is 0 Å². The van der Waals surface area contributed by atoms with Gasteiger partial charge >= 0.3 is 0 Å². The molecule has 3 saturated heterocycles. The highest BCUT2D eigenvalue weighted by Crippen LogP contribution is 2.45. The molecule has 2 atom stereocenters. The first-order valence-electron chi connectivity index (χ1n) is 9.36. The van der Waals surface area contributed by atoms with Gasteiger partial charge in [0.2, 0.25) is 5.91 Å². The Balaban J connectivity index is 1.37. The molecule has 1 aromatic carbocycles. The van der Waals surface area contributed by atoms with E-state index in [0.717, 1.165) is 44.1 Å². The Morgan fingerprint density at radius 3 is 3.12 bits per heavy atom. The number of hydrogen-bond donors (Lipinski definition) is 0. The fourth-order valence-electron chi connectivity index (χ4n) is 4.74. The highest BCUT2D eigenvalue weighted by Gasteiger charge is 2.60. The molecule has 26 heavy (non-hydrogen) atoms. The predicted octanol–water partition coefficient (Wildman–Crippen LogP) is 3.04. The van der Waals surface area contributed by atoms with Gasteiger partial charge in [0.15, 0.2) is 5.72 Å². The first kappa shape index (κ1) is 16.4. The number of ether oxygens (including phenoxy) is 1. The first-order valence-corrected chi connectivity index (χ1v) is 10.2. The van der Waals surface area contributed by atoms with E-state index in [4.69, 9.17) is 4.74 Å². The van der Waals surface area contributed by atoms with Crippen LogP contribution in [0.3, 0.4) is 0 Å². The SMILES string of the molecule is Cc1ccccc1-c1ncc(CN2CC[C@@]34OCCCN3C(=O)C[C@@H]24)s1. The second-order valence-electron chi connectivity index (χ2n) is 7.48. The van der Waals surface area contributed by atoms with E-state index >= 15 is 0 Å². The lowest BCUT2D eigenvalue weighted by molar-refractivity contribution is -0.180. The molecule has 0 aliphatic carbocycles. The van der Waals surface area contributed by atoms with Crippen LogP contribution in [0.5, 0.6) is 0 Å². The Kier molecular flexibility index (Phi) is 3.88. The summed E-state index contributed by atoms with van der Waals surface area (Å²) >= 11 is 1.76. The summed E-state index contributed by atoms with van der Waals surface area (Å²) in [4.78, 5) is 22.8. The predicted molar refractivity (Wildman–Crippen MR) is 101 cm³/mol. The summed E-state index contributed by atoms with van der Waals surface area (Å²) < 4.78 is 6.19. The smallest absolute Gasteiger partial charge is 0.226 e. The molecule has 6 heteroatoms. The van der Waals surface area contributed by atoms with E-state index in [1.165, 1.54) is 16.0 Å². The van der Waals surface area contributed by atoms with Crippen molar-refractivity contribution >= 4 is 17.2 Å². The molecule has 1 spiro atoms. The van der Waals surface area contributed by atoms with Crippen molar-refractivity contribution in [3.05, 3.63) is 40.9 Å². The standard InChI is InChI=1S/C20H23N3O2S/c1-14-5-2-3-6-16(14)19-21-12-15(26-19)13-22-9-7-20-17(22)11-18(24)23(20)8-4-10-25-20/h2-3,5-6,12,17H,4,7-11,13H2,1H3/t17-,20+/m1/s1. The van der Waals surface area contributed by atoms with Crippen LogP contribution in [0.1, 0.15) is 29.7 Å². The lowest BCUT2D eigenvalue weighted by Crippen LogP contribution is -2.56. The topological polar surface area (TPSA) is 45.7 Å². The highest BCUT2D eigenvalue weighted by atomic mass is 32.1. The van der Waals surface area contributed by atoms with Crippen LogP contribution in [-0.4, -0.2) is 52.2 Å². The molecule has 136 valence electrons. The number of aryl methyl sites for hydroxylation is 1. The molecule has 1 amide bonds. The normalized spacial score (nSPS) is 28.4. The van der Waals surface area contributed by atoms with Gasteiger partial charge in [-0.25, -0.2) is 4.98 Å². The molecule has 0 radical (unpaired) electrons. The summed E-state index contributed by atoms with van der Waals surface area (Å²) in [5.74, 6) is 0.254. The molecule has 0 saturated carbocycles. The van der Waals surface area contributed by atoms with E-state index in [1.54, 1.807) is 11.3 Å². The number of nitrogens with zero attached hydrogens (tertiary/aromatic N) is 3. The van der Waals surface area contributed by atoms with Crippen molar-refractivity contribution in [1.29, 1.82) is 0 Å². The number of hydrogen-bond acceptors (Lipinski definition) is 5. The maximum absolute atomic E-state index is 12.5. The van der Waals surface area contributed by atoms with Crippen molar-refractivity contribution in [2.45, 2.75) is 44.5 Å².